The number of nitrogens with zero attached hydrogens (tertiary/aromatic N) is 5. The highest BCUT2D eigenvalue weighted by molar-refractivity contribution is 5.68. The van der Waals surface area contributed by atoms with Crippen LogP contribution in [0.1, 0.15) is 39.9 Å². The van der Waals surface area contributed by atoms with Gasteiger partial charge in [-0.2, -0.15) is 4.80 Å². The molecule has 2 rings (SSSR count). The zero-order valence-corrected chi connectivity index (χ0v) is 14.7. The molecule has 0 radical (unpaired) electrons. The van der Waals surface area contributed by atoms with E-state index in [1.165, 1.54) is 4.80 Å². The van der Waals surface area contributed by atoms with Gasteiger partial charge >= 0.3 is 6.09 Å². The predicted molar refractivity (Wildman–Crippen MR) is 85.9 cm³/mol. The van der Waals surface area contributed by atoms with Crippen molar-refractivity contribution in [3.8, 4) is 0 Å². The SMILES string of the molecule is CCNC(Cc1nnn(C)n1)C1CCN(C(=O)OC(C)(C)C)C1. The summed E-state index contributed by atoms with van der Waals surface area (Å²) in [7, 11) is 1.76. The molecule has 1 aromatic heterocycles. The van der Waals surface area contributed by atoms with Crippen LogP contribution < -0.4 is 5.32 Å². The van der Waals surface area contributed by atoms with E-state index < -0.39 is 5.60 Å². The van der Waals surface area contributed by atoms with Crippen LogP contribution >= 0.6 is 0 Å². The van der Waals surface area contributed by atoms with Gasteiger partial charge in [-0.3, -0.25) is 0 Å². The number of carbonyl (C=O) groups excluding carboxylic acids is 1. The lowest BCUT2D eigenvalue weighted by atomic mass is 9.96. The summed E-state index contributed by atoms with van der Waals surface area (Å²) in [5.74, 6) is 1.10. The normalized spacial score (nSPS) is 19.9. The second-order valence-corrected chi connectivity index (χ2v) is 7.04. The van der Waals surface area contributed by atoms with Gasteiger partial charge in [0.05, 0.1) is 7.05 Å². The molecule has 1 aromatic rings. The molecule has 1 aliphatic heterocycles. The molecule has 23 heavy (non-hydrogen) atoms. The molecule has 2 heterocycles. The highest BCUT2D eigenvalue weighted by Crippen LogP contribution is 2.23. The van der Waals surface area contributed by atoms with Gasteiger partial charge in [0.1, 0.15) is 5.60 Å². The third-order valence-electron chi connectivity index (χ3n) is 3.86. The van der Waals surface area contributed by atoms with Gasteiger partial charge < -0.3 is 15.0 Å². The number of nitrogens with one attached hydrogen (secondary N) is 1. The third kappa shape index (κ3) is 5.16. The summed E-state index contributed by atoms with van der Waals surface area (Å²) in [5.41, 5.74) is -0.459. The topological polar surface area (TPSA) is 85.2 Å². The van der Waals surface area contributed by atoms with Crippen molar-refractivity contribution in [3.05, 3.63) is 5.82 Å². The minimum absolute atomic E-state index is 0.229. The van der Waals surface area contributed by atoms with E-state index in [0.717, 1.165) is 25.3 Å². The van der Waals surface area contributed by atoms with E-state index in [4.69, 9.17) is 4.74 Å². The van der Waals surface area contributed by atoms with Gasteiger partial charge in [-0.25, -0.2) is 4.79 Å². The van der Waals surface area contributed by atoms with Crippen molar-refractivity contribution in [1.29, 1.82) is 0 Å². The number of tetrazole rings is 1. The summed E-state index contributed by atoms with van der Waals surface area (Å²) in [4.78, 5) is 15.5. The Morgan fingerprint density at radius 2 is 2.22 bits per heavy atom. The molecule has 0 bridgehead atoms. The number of aromatic nitrogens is 4. The summed E-state index contributed by atoms with van der Waals surface area (Å²) in [6, 6.07) is 0.233. The summed E-state index contributed by atoms with van der Waals surface area (Å²) < 4.78 is 5.46. The van der Waals surface area contributed by atoms with Crippen LogP contribution in [-0.4, -0.2) is 62.5 Å². The van der Waals surface area contributed by atoms with Gasteiger partial charge in [0.2, 0.25) is 0 Å². The fourth-order valence-corrected chi connectivity index (χ4v) is 2.88. The predicted octanol–water partition coefficient (Wildman–Crippen LogP) is 0.988. The molecule has 1 amide bonds. The van der Waals surface area contributed by atoms with Gasteiger partial charge in [0, 0.05) is 25.6 Å². The van der Waals surface area contributed by atoms with Crippen molar-refractivity contribution in [2.75, 3.05) is 19.6 Å². The van der Waals surface area contributed by atoms with Gasteiger partial charge in [-0.15, -0.1) is 10.2 Å². The summed E-state index contributed by atoms with van der Waals surface area (Å²) in [6.45, 7) is 10.0. The molecular weight excluding hydrogens is 296 g/mol. The standard InChI is InChI=1S/C15H28N6O2/c1-6-16-12(9-13-17-19-20(5)18-13)11-7-8-21(10-11)14(22)23-15(2,3)4/h11-12,16H,6-10H2,1-5H3. The first-order chi connectivity index (χ1) is 10.8. The Morgan fingerprint density at radius 1 is 1.48 bits per heavy atom. The molecule has 1 N–H and O–H groups in total. The van der Waals surface area contributed by atoms with Crippen LogP contribution in [-0.2, 0) is 18.2 Å². The van der Waals surface area contributed by atoms with Gasteiger partial charge in [0.15, 0.2) is 5.82 Å². The Balaban J connectivity index is 1.94. The maximum Gasteiger partial charge on any atom is 0.410 e. The van der Waals surface area contributed by atoms with E-state index >= 15 is 0 Å². The van der Waals surface area contributed by atoms with Crippen LogP contribution in [0.5, 0.6) is 0 Å². The minimum atomic E-state index is -0.459. The zero-order valence-electron chi connectivity index (χ0n) is 14.7. The van der Waals surface area contributed by atoms with Crippen molar-refractivity contribution >= 4 is 6.09 Å². The summed E-state index contributed by atoms with van der Waals surface area (Å²) >= 11 is 0. The molecule has 0 aliphatic carbocycles. The lowest BCUT2D eigenvalue weighted by molar-refractivity contribution is 0.0285. The van der Waals surface area contributed by atoms with Gasteiger partial charge in [-0.1, -0.05) is 6.92 Å². The van der Waals surface area contributed by atoms with Crippen LogP contribution in [0.4, 0.5) is 4.79 Å². The Labute approximate surface area is 137 Å². The number of hydrogen-bond donors (Lipinski definition) is 1. The quantitative estimate of drug-likeness (QED) is 0.869. The molecule has 130 valence electrons. The zero-order chi connectivity index (χ0) is 17.0. The Hall–Kier alpha value is -1.70. The number of rotatable bonds is 5. The lowest BCUT2D eigenvalue weighted by Gasteiger charge is -2.26. The fraction of sp³-hybridized carbons (Fsp3) is 0.867. The number of ether oxygens (including phenoxy) is 1. The van der Waals surface area contributed by atoms with E-state index in [2.05, 4.69) is 27.7 Å². The maximum atomic E-state index is 12.2. The summed E-state index contributed by atoms with van der Waals surface area (Å²) in [6.07, 6.45) is 1.44. The number of likely N-dealkylation sites (N-methyl/N-ethyl adjacent to an activating group) is 1. The third-order valence-corrected chi connectivity index (χ3v) is 3.86. The molecule has 0 aromatic carbocycles. The average molecular weight is 324 g/mol. The second-order valence-electron chi connectivity index (χ2n) is 7.04. The van der Waals surface area contributed by atoms with Crippen LogP contribution in [0.25, 0.3) is 0 Å². The molecule has 8 nitrogen and oxygen atoms in total. The molecule has 8 heteroatoms. The number of carbonyl (C=O) groups is 1. The second kappa shape index (κ2) is 7.25. The molecule has 2 atom stereocenters. The minimum Gasteiger partial charge on any atom is -0.444 e. The molecule has 0 saturated carbocycles. The number of hydrogen-bond acceptors (Lipinski definition) is 6. The van der Waals surface area contributed by atoms with E-state index in [9.17, 15) is 4.79 Å². The highest BCUT2D eigenvalue weighted by Gasteiger charge is 2.34. The number of amides is 1. The summed E-state index contributed by atoms with van der Waals surface area (Å²) in [5, 5.41) is 15.7. The first kappa shape index (κ1) is 17.7. The maximum absolute atomic E-state index is 12.2. The number of aryl methyl sites for hydroxylation is 1. The van der Waals surface area contributed by atoms with Crippen LogP contribution in [0.15, 0.2) is 0 Å². The van der Waals surface area contributed by atoms with Crippen molar-refractivity contribution in [2.24, 2.45) is 13.0 Å². The Bertz CT molecular complexity index is 524. The number of likely N-dealkylation sites (tertiary alicyclic amines) is 1. The molecule has 1 saturated heterocycles. The van der Waals surface area contributed by atoms with Gasteiger partial charge in [0.25, 0.3) is 0 Å². The Kier molecular flexibility index (Phi) is 5.56. The largest absolute Gasteiger partial charge is 0.444 e. The van der Waals surface area contributed by atoms with E-state index in [0.29, 0.717) is 18.9 Å². The van der Waals surface area contributed by atoms with Crippen LogP contribution in [0.2, 0.25) is 0 Å². The molecule has 0 spiro atoms. The average Bonchev–Trinajstić information content (AvgIpc) is 3.05. The van der Waals surface area contributed by atoms with E-state index in [-0.39, 0.29) is 12.1 Å². The van der Waals surface area contributed by atoms with Crippen LogP contribution in [0, 0.1) is 5.92 Å². The molecule has 1 aliphatic rings. The van der Waals surface area contributed by atoms with Crippen LogP contribution in [0.3, 0.4) is 0 Å². The highest BCUT2D eigenvalue weighted by atomic mass is 16.6. The van der Waals surface area contributed by atoms with Crippen molar-refractivity contribution in [2.45, 2.75) is 52.2 Å². The first-order valence-electron chi connectivity index (χ1n) is 8.22. The first-order valence-corrected chi connectivity index (χ1v) is 8.22. The van der Waals surface area contributed by atoms with E-state index in [1.807, 2.05) is 20.8 Å². The lowest BCUT2D eigenvalue weighted by Crippen LogP contribution is -2.41. The smallest absolute Gasteiger partial charge is 0.410 e. The fourth-order valence-electron chi connectivity index (χ4n) is 2.88. The van der Waals surface area contributed by atoms with Crippen molar-refractivity contribution in [1.82, 2.24) is 30.4 Å². The van der Waals surface area contributed by atoms with Crippen molar-refractivity contribution < 1.29 is 9.53 Å². The van der Waals surface area contributed by atoms with E-state index in [1.54, 1.807) is 11.9 Å². The monoisotopic (exact) mass is 324 g/mol. The van der Waals surface area contributed by atoms with Crippen molar-refractivity contribution in [3.63, 3.8) is 0 Å². The Morgan fingerprint density at radius 3 is 2.78 bits per heavy atom. The molecule has 1 fully saturated rings. The molecular formula is C15H28N6O2. The molecule has 2 unspecified atom stereocenters. The van der Waals surface area contributed by atoms with Gasteiger partial charge in [-0.05, 0) is 44.9 Å².